The number of nitrogens with one attached hydrogen (secondary N) is 1. The summed E-state index contributed by atoms with van der Waals surface area (Å²) in [5.41, 5.74) is 3.34. The first kappa shape index (κ1) is 18.1. The Kier molecular flexibility index (Phi) is 4.52. The molecule has 0 unspecified atom stereocenters. The number of hydrogen-bond acceptors (Lipinski definition) is 5. The summed E-state index contributed by atoms with van der Waals surface area (Å²) in [6.45, 7) is 1.90. The summed E-state index contributed by atoms with van der Waals surface area (Å²) in [4.78, 5) is 4.66. The Bertz CT molecular complexity index is 1230. The molecule has 3 aromatic carbocycles. The van der Waals surface area contributed by atoms with Crippen molar-refractivity contribution in [3.05, 3.63) is 72.3 Å². The molecule has 0 radical (unpaired) electrons. The van der Waals surface area contributed by atoms with E-state index in [-0.39, 0.29) is 4.90 Å². The van der Waals surface area contributed by atoms with Gasteiger partial charge in [0, 0.05) is 11.6 Å². The fourth-order valence-electron chi connectivity index (χ4n) is 2.78. The van der Waals surface area contributed by atoms with Crippen LogP contribution in [0.2, 0.25) is 0 Å². The number of hydrogen-bond donors (Lipinski definition) is 1. The van der Waals surface area contributed by atoms with Crippen LogP contribution in [-0.4, -0.2) is 20.5 Å². The van der Waals surface area contributed by atoms with E-state index in [2.05, 4.69) is 9.71 Å². The van der Waals surface area contributed by atoms with Gasteiger partial charge in [-0.15, -0.1) is 0 Å². The fraction of sp³-hybridized carbons (Fsp3) is 0.0952. The van der Waals surface area contributed by atoms with Gasteiger partial charge in [0.1, 0.15) is 11.3 Å². The number of ether oxygens (including phenoxy) is 1. The number of anilines is 1. The van der Waals surface area contributed by atoms with E-state index in [1.165, 1.54) is 0 Å². The van der Waals surface area contributed by atoms with Crippen LogP contribution in [0.15, 0.2) is 76.0 Å². The second-order valence-electron chi connectivity index (χ2n) is 6.35. The van der Waals surface area contributed by atoms with Gasteiger partial charge < -0.3 is 9.15 Å². The van der Waals surface area contributed by atoms with Crippen LogP contribution < -0.4 is 9.46 Å². The average molecular weight is 394 g/mol. The van der Waals surface area contributed by atoms with Gasteiger partial charge in [-0.2, -0.15) is 0 Å². The van der Waals surface area contributed by atoms with E-state index < -0.39 is 10.0 Å². The van der Waals surface area contributed by atoms with Crippen molar-refractivity contribution in [1.29, 1.82) is 0 Å². The van der Waals surface area contributed by atoms with E-state index in [1.807, 2.05) is 31.2 Å². The quantitative estimate of drug-likeness (QED) is 0.534. The molecule has 1 heterocycles. The van der Waals surface area contributed by atoms with E-state index in [4.69, 9.17) is 9.15 Å². The monoisotopic (exact) mass is 394 g/mol. The van der Waals surface area contributed by atoms with Crippen LogP contribution in [0.4, 0.5) is 5.69 Å². The first-order chi connectivity index (χ1) is 13.4. The van der Waals surface area contributed by atoms with Crippen molar-refractivity contribution >= 4 is 26.8 Å². The number of methoxy groups -OCH3 is 1. The fourth-order valence-corrected chi connectivity index (χ4v) is 3.83. The molecule has 1 N–H and O–H groups in total. The number of fused-ring (bicyclic) bond motifs is 1. The number of nitrogens with zero attached hydrogens (tertiary/aromatic N) is 1. The molecule has 142 valence electrons. The van der Waals surface area contributed by atoms with Crippen LogP contribution in [0.25, 0.3) is 22.6 Å². The summed E-state index contributed by atoms with van der Waals surface area (Å²) in [7, 11) is -2.07. The molecule has 0 fully saturated rings. The van der Waals surface area contributed by atoms with Gasteiger partial charge in [-0.3, -0.25) is 4.72 Å². The summed E-state index contributed by atoms with van der Waals surface area (Å²) in [6, 6.07) is 19.0. The zero-order chi connectivity index (χ0) is 19.7. The lowest BCUT2D eigenvalue weighted by molar-refractivity contribution is 0.415. The van der Waals surface area contributed by atoms with Crippen LogP contribution in [0.3, 0.4) is 0 Å². The Morgan fingerprint density at radius 2 is 1.68 bits per heavy atom. The molecule has 4 rings (SSSR count). The van der Waals surface area contributed by atoms with Crippen molar-refractivity contribution in [2.24, 2.45) is 0 Å². The molecular formula is C21H18N2O4S. The molecule has 0 aliphatic heterocycles. The normalized spacial score (nSPS) is 11.5. The molecule has 4 aromatic rings. The van der Waals surface area contributed by atoms with Crippen LogP contribution in [0, 0.1) is 6.92 Å². The maximum absolute atomic E-state index is 12.6. The molecule has 0 saturated heterocycles. The predicted molar refractivity (Wildman–Crippen MR) is 108 cm³/mol. The van der Waals surface area contributed by atoms with Crippen molar-refractivity contribution in [2.45, 2.75) is 11.8 Å². The zero-order valence-electron chi connectivity index (χ0n) is 15.3. The number of benzene rings is 3. The topological polar surface area (TPSA) is 81.4 Å². The Balaban J connectivity index is 1.63. The summed E-state index contributed by atoms with van der Waals surface area (Å²) in [6.07, 6.45) is 0. The van der Waals surface area contributed by atoms with Crippen molar-refractivity contribution < 1.29 is 17.6 Å². The van der Waals surface area contributed by atoms with Gasteiger partial charge in [-0.1, -0.05) is 17.7 Å². The van der Waals surface area contributed by atoms with E-state index in [0.717, 1.165) is 16.9 Å². The first-order valence-corrected chi connectivity index (χ1v) is 10.1. The molecule has 0 amide bonds. The highest BCUT2D eigenvalue weighted by molar-refractivity contribution is 7.92. The lowest BCUT2D eigenvalue weighted by Gasteiger charge is -2.08. The van der Waals surface area contributed by atoms with E-state index >= 15 is 0 Å². The van der Waals surface area contributed by atoms with Crippen molar-refractivity contribution in [1.82, 2.24) is 4.98 Å². The lowest BCUT2D eigenvalue weighted by Crippen LogP contribution is -2.12. The SMILES string of the molecule is COc1ccc(-c2nc3ccc(NS(=O)(=O)c4ccc(C)cc4)cc3o2)cc1. The number of aryl methyl sites for hydroxylation is 1. The van der Waals surface area contributed by atoms with Crippen LogP contribution >= 0.6 is 0 Å². The molecule has 28 heavy (non-hydrogen) atoms. The summed E-state index contributed by atoms with van der Waals surface area (Å²) in [5.74, 6) is 1.20. The van der Waals surface area contributed by atoms with Gasteiger partial charge in [-0.25, -0.2) is 13.4 Å². The Morgan fingerprint density at radius 3 is 2.36 bits per heavy atom. The molecular weight excluding hydrogens is 376 g/mol. The van der Waals surface area contributed by atoms with Gasteiger partial charge in [0.25, 0.3) is 10.0 Å². The second kappa shape index (κ2) is 7.01. The van der Waals surface area contributed by atoms with E-state index in [0.29, 0.717) is 22.7 Å². The molecule has 0 atom stereocenters. The third kappa shape index (κ3) is 3.57. The number of aromatic nitrogens is 1. The van der Waals surface area contributed by atoms with Crippen molar-refractivity contribution in [3.8, 4) is 17.2 Å². The number of oxazole rings is 1. The Hall–Kier alpha value is -3.32. The first-order valence-electron chi connectivity index (χ1n) is 8.59. The third-order valence-electron chi connectivity index (χ3n) is 4.31. The Labute approximate surface area is 162 Å². The molecule has 6 nitrogen and oxygen atoms in total. The third-order valence-corrected chi connectivity index (χ3v) is 5.71. The van der Waals surface area contributed by atoms with Crippen LogP contribution in [-0.2, 0) is 10.0 Å². The van der Waals surface area contributed by atoms with Gasteiger partial charge in [0.2, 0.25) is 5.89 Å². The summed E-state index contributed by atoms with van der Waals surface area (Å²) >= 11 is 0. The number of sulfonamides is 1. The average Bonchev–Trinajstić information content (AvgIpc) is 3.11. The number of rotatable bonds is 5. The molecule has 0 saturated carbocycles. The minimum absolute atomic E-state index is 0.203. The van der Waals surface area contributed by atoms with Crippen molar-refractivity contribution in [2.75, 3.05) is 11.8 Å². The van der Waals surface area contributed by atoms with Crippen LogP contribution in [0.5, 0.6) is 5.75 Å². The second-order valence-corrected chi connectivity index (χ2v) is 8.03. The highest BCUT2D eigenvalue weighted by atomic mass is 32.2. The largest absolute Gasteiger partial charge is 0.497 e. The molecule has 0 spiro atoms. The smallest absolute Gasteiger partial charge is 0.261 e. The van der Waals surface area contributed by atoms with Crippen LogP contribution in [0.1, 0.15) is 5.56 Å². The molecule has 0 aliphatic carbocycles. The predicted octanol–water partition coefficient (Wildman–Crippen LogP) is 4.61. The minimum atomic E-state index is -3.68. The van der Waals surface area contributed by atoms with Gasteiger partial charge in [0.15, 0.2) is 5.58 Å². The maximum Gasteiger partial charge on any atom is 0.261 e. The zero-order valence-corrected chi connectivity index (χ0v) is 16.2. The minimum Gasteiger partial charge on any atom is -0.497 e. The van der Waals surface area contributed by atoms with Gasteiger partial charge >= 0.3 is 0 Å². The molecule has 7 heteroatoms. The summed E-state index contributed by atoms with van der Waals surface area (Å²) < 4.78 is 38.7. The molecule has 1 aromatic heterocycles. The van der Waals surface area contributed by atoms with Gasteiger partial charge in [0.05, 0.1) is 17.7 Å². The van der Waals surface area contributed by atoms with E-state index in [9.17, 15) is 8.42 Å². The molecule has 0 aliphatic rings. The lowest BCUT2D eigenvalue weighted by atomic mass is 10.2. The standard InChI is InChI=1S/C21H18N2O4S/c1-14-3-10-18(11-4-14)28(24,25)23-16-7-12-19-20(13-16)27-21(22-19)15-5-8-17(26-2)9-6-15/h3-13,23H,1-2H3. The van der Waals surface area contributed by atoms with Crippen molar-refractivity contribution in [3.63, 3.8) is 0 Å². The highest BCUT2D eigenvalue weighted by Gasteiger charge is 2.15. The Morgan fingerprint density at radius 1 is 0.964 bits per heavy atom. The highest BCUT2D eigenvalue weighted by Crippen LogP contribution is 2.28. The van der Waals surface area contributed by atoms with E-state index in [1.54, 1.807) is 49.6 Å². The molecule has 0 bridgehead atoms. The maximum atomic E-state index is 12.6. The summed E-state index contributed by atoms with van der Waals surface area (Å²) in [5, 5.41) is 0. The van der Waals surface area contributed by atoms with Gasteiger partial charge in [-0.05, 0) is 55.5 Å².